The molecule has 1 rings (SSSR count). The minimum atomic E-state index is -1.99. The zero-order valence-corrected chi connectivity index (χ0v) is 11.2. The van der Waals surface area contributed by atoms with E-state index in [1.165, 1.54) is 7.11 Å². The van der Waals surface area contributed by atoms with Gasteiger partial charge in [0.25, 0.3) is 0 Å². The lowest BCUT2D eigenvalue weighted by Crippen LogP contribution is -2.48. The third-order valence-corrected chi connectivity index (χ3v) is 3.79. The second-order valence-corrected chi connectivity index (χ2v) is 5.18. The molecule has 1 saturated heterocycles. The Balaban J connectivity index is 2.19. The first-order chi connectivity index (χ1) is 7.77. The van der Waals surface area contributed by atoms with Crippen LogP contribution < -0.4 is 5.32 Å². The Bertz CT molecular complexity index is 179. The van der Waals surface area contributed by atoms with E-state index in [2.05, 4.69) is 17.1 Å². The van der Waals surface area contributed by atoms with Gasteiger partial charge in [0, 0.05) is 45.9 Å². The lowest BCUT2D eigenvalue weighted by molar-refractivity contribution is 0.114. The molecule has 0 aromatic rings. The molecule has 0 bridgehead atoms. The highest BCUT2D eigenvalue weighted by Crippen LogP contribution is 2.10. The van der Waals surface area contributed by atoms with Crippen molar-refractivity contribution in [3.05, 3.63) is 0 Å². The van der Waals surface area contributed by atoms with Gasteiger partial charge in [-0.15, -0.1) is 0 Å². The van der Waals surface area contributed by atoms with Crippen LogP contribution in [0.1, 0.15) is 19.8 Å². The summed E-state index contributed by atoms with van der Waals surface area (Å²) >= 11 is 0. The third kappa shape index (κ3) is 4.90. The first-order valence-electron chi connectivity index (χ1n) is 5.95. The van der Waals surface area contributed by atoms with Gasteiger partial charge in [-0.3, -0.25) is 4.90 Å². The number of nitrogens with one attached hydrogen (secondary N) is 1. The van der Waals surface area contributed by atoms with Crippen molar-refractivity contribution < 1.29 is 13.6 Å². The van der Waals surface area contributed by atoms with E-state index in [1.54, 1.807) is 0 Å². The SMILES string of the molecule is CCC(CCO[Si](O)OC)N1CCNCC1. The van der Waals surface area contributed by atoms with Crippen molar-refractivity contribution in [3.8, 4) is 0 Å². The fourth-order valence-electron chi connectivity index (χ4n) is 2.03. The van der Waals surface area contributed by atoms with Crippen LogP contribution in [-0.4, -0.2) is 65.2 Å². The molecule has 5 nitrogen and oxygen atoms in total. The molecule has 1 fully saturated rings. The van der Waals surface area contributed by atoms with Gasteiger partial charge < -0.3 is 19.0 Å². The molecule has 0 aromatic carbocycles. The molecule has 95 valence electrons. The molecule has 1 atom stereocenters. The molecule has 16 heavy (non-hydrogen) atoms. The molecule has 0 spiro atoms. The summed E-state index contributed by atoms with van der Waals surface area (Å²) in [5.74, 6) is 0. The maximum atomic E-state index is 9.19. The average molecular weight is 247 g/mol. The maximum absolute atomic E-state index is 9.19. The molecule has 2 N–H and O–H groups in total. The van der Waals surface area contributed by atoms with Crippen molar-refractivity contribution in [2.24, 2.45) is 0 Å². The minimum absolute atomic E-state index is 0.564. The monoisotopic (exact) mass is 247 g/mol. The lowest BCUT2D eigenvalue weighted by atomic mass is 10.1. The smallest absolute Gasteiger partial charge is 0.387 e. The van der Waals surface area contributed by atoms with Gasteiger partial charge in [-0.25, -0.2) is 0 Å². The quantitative estimate of drug-likeness (QED) is 0.605. The van der Waals surface area contributed by atoms with Gasteiger partial charge in [0.15, 0.2) is 0 Å². The molecule has 0 aromatic heterocycles. The summed E-state index contributed by atoms with van der Waals surface area (Å²) in [7, 11) is -0.519. The molecule has 0 amide bonds. The molecule has 0 saturated carbocycles. The van der Waals surface area contributed by atoms with Crippen LogP contribution in [0.5, 0.6) is 0 Å². The summed E-state index contributed by atoms with van der Waals surface area (Å²) in [6.45, 7) is 7.16. The minimum Gasteiger partial charge on any atom is -0.387 e. The first kappa shape index (κ1) is 14.1. The van der Waals surface area contributed by atoms with Crippen LogP contribution in [-0.2, 0) is 8.85 Å². The van der Waals surface area contributed by atoms with E-state index in [1.807, 2.05) is 0 Å². The van der Waals surface area contributed by atoms with Crippen LogP contribution in [0.3, 0.4) is 0 Å². The van der Waals surface area contributed by atoms with Crippen LogP contribution in [0.25, 0.3) is 0 Å². The predicted molar refractivity (Wildman–Crippen MR) is 64.1 cm³/mol. The molecule has 1 aliphatic heterocycles. The van der Waals surface area contributed by atoms with E-state index >= 15 is 0 Å². The van der Waals surface area contributed by atoms with Gasteiger partial charge in [0.1, 0.15) is 0 Å². The van der Waals surface area contributed by atoms with Crippen LogP contribution >= 0.6 is 0 Å². The fraction of sp³-hybridized carbons (Fsp3) is 1.00. The van der Waals surface area contributed by atoms with Crippen molar-refractivity contribution >= 4 is 9.53 Å². The molecule has 6 heteroatoms. The summed E-state index contributed by atoms with van der Waals surface area (Å²) in [6.07, 6.45) is 2.10. The molecule has 0 aliphatic carbocycles. The van der Waals surface area contributed by atoms with Crippen molar-refractivity contribution in [1.82, 2.24) is 10.2 Å². The van der Waals surface area contributed by atoms with Crippen molar-refractivity contribution in [1.29, 1.82) is 0 Å². The molecule has 1 heterocycles. The summed E-state index contributed by atoms with van der Waals surface area (Å²) in [5.41, 5.74) is 0. The lowest BCUT2D eigenvalue weighted by Gasteiger charge is -2.34. The molecule has 1 radical (unpaired) electrons. The largest absolute Gasteiger partial charge is 0.574 e. The predicted octanol–water partition coefficient (Wildman–Crippen LogP) is -0.299. The summed E-state index contributed by atoms with van der Waals surface area (Å²) in [4.78, 5) is 11.7. The van der Waals surface area contributed by atoms with E-state index in [9.17, 15) is 4.80 Å². The van der Waals surface area contributed by atoms with E-state index in [4.69, 9.17) is 8.85 Å². The van der Waals surface area contributed by atoms with Gasteiger partial charge in [-0.05, 0) is 12.8 Å². The maximum Gasteiger partial charge on any atom is 0.574 e. The van der Waals surface area contributed by atoms with Crippen LogP contribution in [0.4, 0.5) is 0 Å². The van der Waals surface area contributed by atoms with Gasteiger partial charge in [0.05, 0.1) is 0 Å². The van der Waals surface area contributed by atoms with E-state index < -0.39 is 9.53 Å². The highest BCUT2D eigenvalue weighted by atomic mass is 28.3. The number of hydrogen-bond donors (Lipinski definition) is 2. The Kier molecular flexibility index (Phi) is 7.18. The van der Waals surface area contributed by atoms with Crippen molar-refractivity contribution in [3.63, 3.8) is 0 Å². The average Bonchev–Trinajstić information content (AvgIpc) is 2.35. The highest BCUT2D eigenvalue weighted by Gasteiger charge is 2.19. The Morgan fingerprint density at radius 2 is 2.12 bits per heavy atom. The van der Waals surface area contributed by atoms with Gasteiger partial charge in [-0.2, -0.15) is 0 Å². The van der Waals surface area contributed by atoms with Crippen LogP contribution in [0.15, 0.2) is 0 Å². The zero-order chi connectivity index (χ0) is 11.8. The summed E-state index contributed by atoms with van der Waals surface area (Å²) in [5, 5.41) is 3.35. The topological polar surface area (TPSA) is 54.0 Å². The molecule has 1 unspecified atom stereocenters. The summed E-state index contributed by atoms with van der Waals surface area (Å²) in [6, 6.07) is 0.564. The normalized spacial score (nSPS) is 20.2. The fourth-order valence-corrected chi connectivity index (χ4v) is 2.44. The number of piperazine rings is 1. The zero-order valence-electron chi connectivity index (χ0n) is 10.2. The number of nitrogens with zero attached hydrogens (tertiary/aromatic N) is 1. The van der Waals surface area contributed by atoms with E-state index in [-0.39, 0.29) is 0 Å². The van der Waals surface area contributed by atoms with Gasteiger partial charge in [-0.1, -0.05) is 6.92 Å². The number of rotatable bonds is 7. The molecular weight excluding hydrogens is 224 g/mol. The first-order valence-corrected chi connectivity index (χ1v) is 7.21. The summed E-state index contributed by atoms with van der Waals surface area (Å²) < 4.78 is 9.93. The third-order valence-electron chi connectivity index (χ3n) is 2.99. The van der Waals surface area contributed by atoms with Crippen molar-refractivity contribution in [2.75, 3.05) is 39.9 Å². The van der Waals surface area contributed by atoms with Gasteiger partial charge in [0.2, 0.25) is 0 Å². The Morgan fingerprint density at radius 3 is 2.69 bits per heavy atom. The van der Waals surface area contributed by atoms with E-state index in [0.29, 0.717) is 12.6 Å². The number of hydrogen-bond acceptors (Lipinski definition) is 5. The molecular formula is C10H23N2O3Si. The Morgan fingerprint density at radius 1 is 1.44 bits per heavy atom. The van der Waals surface area contributed by atoms with Crippen LogP contribution in [0.2, 0.25) is 0 Å². The van der Waals surface area contributed by atoms with Crippen LogP contribution in [0, 0.1) is 0 Å². The Hall–Kier alpha value is 0.0169. The second kappa shape index (κ2) is 8.16. The Labute approximate surface area is 99.7 Å². The van der Waals surface area contributed by atoms with Crippen molar-refractivity contribution in [2.45, 2.75) is 25.8 Å². The van der Waals surface area contributed by atoms with Gasteiger partial charge >= 0.3 is 9.53 Å². The standard InChI is InChI=1S/C10H23N2O3Si/c1-3-10(4-9-15-16(13)14-2)12-7-5-11-6-8-12/h10-11,13H,3-9H2,1-2H3. The van der Waals surface area contributed by atoms with E-state index in [0.717, 1.165) is 39.0 Å². The molecule has 1 aliphatic rings. The highest BCUT2D eigenvalue weighted by molar-refractivity contribution is 6.34. The second-order valence-electron chi connectivity index (χ2n) is 3.96.